The predicted octanol–water partition coefficient (Wildman–Crippen LogP) is 16.6. The minimum Gasteiger partial charge on any atom is -0.506 e. The molecule has 0 fully saturated rings. The second-order valence-corrected chi connectivity index (χ2v) is 26.9. The molecule has 0 aliphatic heterocycles. The molecule has 0 bridgehead atoms. The second kappa shape index (κ2) is 47.6. The molecule has 0 aromatic carbocycles. The molecule has 0 aliphatic carbocycles. The molecule has 90 heavy (non-hydrogen) atoms. The fraction of sp³-hybridized carbons (Fsp3) is 0.442. The largest absolute Gasteiger partial charge is 0.506 e. The van der Waals surface area contributed by atoms with Crippen LogP contribution in [-0.2, 0) is 47.3 Å². The van der Waals surface area contributed by atoms with E-state index in [1.165, 1.54) is 26.5 Å². The van der Waals surface area contributed by atoms with E-state index < -0.39 is 80.6 Å². The van der Waals surface area contributed by atoms with Gasteiger partial charge in [-0.1, -0.05) is 44.9 Å². The second-order valence-electron chi connectivity index (χ2n) is 17.3. The number of carbonyl (C=O) groups excluding carboxylic acids is 4. The van der Waals surface area contributed by atoms with Gasteiger partial charge in [0.2, 0.25) is 0 Å². The van der Waals surface area contributed by atoms with E-state index in [0.717, 1.165) is 55.5 Å². The first-order chi connectivity index (χ1) is 39.3. The minimum absolute atomic E-state index is 0. The standard InChI is InChI=1S/C16H21F3N2O5.C9H16INO4.C7H5BrF3NO.C6H5BrINO.C5H3BrINO.C5H4BrNO.CBr2F2.3CH4.H2O/c1-15(2,3)26-14(23)21-10(13(22)25-5)6-9-7-11(24-4)12(20-8-9)16(17,18)19;1-9(2,3)15-8(13)11-6(5-10)7(12)14-4;1-13-5-2-4(8)3-12-6(5)7(9,10)11;1-10-5-2-4(7)3-9-6(5)8;6-3-1-4(9)5(7)8-2-3;6-4-1-5(8)3-7-2-4;2-1(3,4)5;;;;/h7-8,10H,6H2,1-5H3,(H,21,23);6H,5H2,1-4H3,(H,11,13);2-3H,1H3;2-3H,1H3;1-2,9H;1-3,8H;;3*1H4;1H2/t10-;6-;;;;;;;;;/m10........./s1. The van der Waals surface area contributed by atoms with E-state index in [9.17, 15) is 54.3 Å². The Morgan fingerprint density at radius 3 is 1.23 bits per heavy atom. The smallest absolute Gasteiger partial charge is 0.437 e. The Morgan fingerprint density at radius 1 is 0.544 bits per heavy atom. The summed E-state index contributed by atoms with van der Waals surface area (Å²) in [7, 11) is 6.27. The highest BCUT2D eigenvalue weighted by Crippen LogP contribution is 2.36. The Kier molecular flexibility index (Phi) is 51.7. The van der Waals surface area contributed by atoms with Crippen LogP contribution in [0, 0.1) is 7.40 Å². The van der Waals surface area contributed by atoms with Gasteiger partial charge in [0.05, 0.1) is 41.7 Å². The molecule has 0 radical (unpaired) electrons. The molecule has 0 spiro atoms. The van der Waals surface area contributed by atoms with Crippen LogP contribution >= 0.6 is 163 Å². The average molecular weight is 2030 g/mol. The number of amides is 2. The van der Waals surface area contributed by atoms with Crippen LogP contribution in [0.5, 0.6) is 28.7 Å². The zero-order valence-corrected chi connectivity index (χ0v) is 63.0. The fourth-order valence-electron chi connectivity index (χ4n) is 4.89. The van der Waals surface area contributed by atoms with E-state index in [1.54, 1.807) is 79.4 Å². The number of halogens is 17. The van der Waals surface area contributed by atoms with Crippen LogP contribution in [0.1, 0.15) is 80.8 Å². The molecule has 2 amide bonds. The highest BCUT2D eigenvalue weighted by molar-refractivity contribution is 14.1. The summed E-state index contributed by atoms with van der Waals surface area (Å²) >= 11 is 22.6. The molecular formula is C52H68Br6F8I3N7O14. The number of alkyl carbamates (subject to hydrolysis) is 2. The lowest BCUT2D eigenvalue weighted by Crippen LogP contribution is -2.45. The maximum absolute atomic E-state index is 12.9. The summed E-state index contributed by atoms with van der Waals surface area (Å²) in [4.78, 5) is 64.4. The summed E-state index contributed by atoms with van der Waals surface area (Å²) < 4.78 is 132. The van der Waals surface area contributed by atoms with Crippen molar-refractivity contribution in [3.05, 3.63) is 110 Å². The van der Waals surface area contributed by atoms with Gasteiger partial charge in [-0.2, -0.15) is 35.1 Å². The molecule has 38 heteroatoms. The van der Waals surface area contributed by atoms with Gasteiger partial charge in [0.1, 0.15) is 47.9 Å². The third kappa shape index (κ3) is 46.7. The third-order valence-corrected chi connectivity index (χ3v) is 12.4. The van der Waals surface area contributed by atoms with Crippen molar-refractivity contribution < 1.29 is 103 Å². The molecule has 5 aromatic rings. The Bertz CT molecular complexity index is 2900. The number of esters is 2. The number of alkyl halides is 11. The molecule has 5 rings (SSSR count). The van der Waals surface area contributed by atoms with Crippen LogP contribution in [0.4, 0.5) is 44.7 Å². The van der Waals surface area contributed by atoms with E-state index >= 15 is 0 Å². The maximum atomic E-state index is 12.9. The number of ether oxygens (including phenoxy) is 7. The monoisotopic (exact) mass is 2020 g/mol. The molecule has 514 valence electrons. The maximum Gasteiger partial charge on any atom is 0.437 e. The summed E-state index contributed by atoms with van der Waals surface area (Å²) in [6.45, 7) is 10.2. The summed E-state index contributed by atoms with van der Waals surface area (Å²) in [6, 6.07) is 5.55. The molecule has 0 unspecified atom stereocenters. The predicted molar refractivity (Wildman–Crippen MR) is 370 cm³/mol. The van der Waals surface area contributed by atoms with E-state index in [1.807, 2.05) is 83.1 Å². The van der Waals surface area contributed by atoms with Crippen LogP contribution in [0.15, 0.2) is 85.4 Å². The third-order valence-electron chi connectivity index (χ3n) is 8.12. The number of nitrogens with one attached hydrogen (secondary N) is 2. The van der Waals surface area contributed by atoms with E-state index in [2.05, 4.69) is 136 Å². The average Bonchev–Trinajstić information content (AvgIpc) is 3.59. The van der Waals surface area contributed by atoms with E-state index in [0.29, 0.717) is 12.6 Å². The van der Waals surface area contributed by atoms with Crippen molar-refractivity contribution in [2.75, 3.05) is 40.0 Å². The lowest BCUT2D eigenvalue weighted by Gasteiger charge is -2.22. The Morgan fingerprint density at radius 2 is 0.900 bits per heavy atom. The number of hydrogen-bond acceptors (Lipinski definition) is 18. The first-order valence-electron chi connectivity index (χ1n) is 22.8. The zero-order chi connectivity index (χ0) is 67.1. The summed E-state index contributed by atoms with van der Waals surface area (Å²) in [5, 5.41) is 22.5. The number of aromatic hydroxyl groups is 2. The van der Waals surface area contributed by atoms with Crippen LogP contribution < -0.4 is 24.8 Å². The normalized spacial score (nSPS) is 11.0. The number of hydrogen-bond donors (Lipinski definition) is 4. The molecule has 5 heterocycles. The van der Waals surface area contributed by atoms with Gasteiger partial charge in [-0.05, 0) is 186 Å². The van der Waals surface area contributed by atoms with Crippen molar-refractivity contribution in [2.45, 2.75) is 110 Å². The molecule has 0 saturated carbocycles. The highest BCUT2D eigenvalue weighted by Gasteiger charge is 2.38. The molecule has 5 aromatic heterocycles. The van der Waals surface area contributed by atoms with Crippen molar-refractivity contribution in [3.8, 4) is 28.7 Å². The van der Waals surface area contributed by atoms with Gasteiger partial charge >= 0.3 is 40.2 Å². The van der Waals surface area contributed by atoms with Crippen molar-refractivity contribution >= 4 is 187 Å². The first-order valence-corrected chi connectivity index (χ1v) is 31.3. The fourth-order valence-corrected chi connectivity index (χ4v) is 7.57. The van der Waals surface area contributed by atoms with Crippen LogP contribution in [0.3, 0.4) is 0 Å². The molecule has 2 atom stereocenters. The molecular weight excluding hydrogens is 1960 g/mol. The summed E-state index contributed by atoms with van der Waals surface area (Å²) in [5.74, 6) is -0.845. The Labute approximate surface area is 608 Å². The minimum atomic E-state index is -4.68. The zero-order valence-electron chi connectivity index (χ0n) is 47.0. The van der Waals surface area contributed by atoms with Crippen LogP contribution in [0.25, 0.3) is 0 Å². The number of aromatic nitrogens is 5. The van der Waals surface area contributed by atoms with Gasteiger partial charge < -0.3 is 59.5 Å². The van der Waals surface area contributed by atoms with Crippen molar-refractivity contribution in [1.82, 2.24) is 35.6 Å². The molecule has 21 nitrogen and oxygen atoms in total. The number of methoxy groups -OCH3 is 5. The lowest BCUT2D eigenvalue weighted by atomic mass is 10.1. The first kappa shape index (κ1) is 97.8. The van der Waals surface area contributed by atoms with Gasteiger partial charge in [-0.15, -0.1) is 0 Å². The Hall–Kier alpha value is -3.30. The van der Waals surface area contributed by atoms with Crippen molar-refractivity contribution in [3.63, 3.8) is 0 Å². The van der Waals surface area contributed by atoms with Gasteiger partial charge in [-0.25, -0.2) is 39.1 Å². The molecule has 6 N–H and O–H groups in total. The van der Waals surface area contributed by atoms with E-state index in [4.69, 9.17) is 29.2 Å². The molecule has 0 aliphatic rings. The summed E-state index contributed by atoms with van der Waals surface area (Å²) in [5.41, 5.74) is -3.32. The van der Waals surface area contributed by atoms with E-state index in [-0.39, 0.29) is 57.0 Å². The lowest BCUT2D eigenvalue weighted by molar-refractivity contribution is -0.143. The van der Waals surface area contributed by atoms with Crippen molar-refractivity contribution in [1.29, 1.82) is 0 Å². The number of carbonyl (C=O) groups is 4. The SMILES string of the molecule is C.C.C.COC(=O)[C@@H](Cc1cnc(C(F)(F)F)c(OC)c1)NC(=O)OC(C)(C)C.COC(=O)[C@H](CI)NC(=O)OC(C)(C)C.COc1cc(Br)cnc1C(F)(F)F.COc1cc(Br)cnc1I.FC(F)(Br)Br.O.Oc1cc(Br)cnc1I.Oc1cncc(Br)c1. The molecule has 0 saturated heterocycles. The van der Waals surface area contributed by atoms with Crippen LogP contribution in [0.2, 0.25) is 0 Å². The number of nitrogens with zero attached hydrogens (tertiary/aromatic N) is 5. The van der Waals surface area contributed by atoms with Gasteiger partial charge in [-0.3, -0.25) is 4.98 Å². The highest BCUT2D eigenvalue weighted by atomic mass is 127. The quantitative estimate of drug-likeness (QED) is 0.0252. The van der Waals surface area contributed by atoms with Crippen molar-refractivity contribution in [2.24, 2.45) is 0 Å². The summed E-state index contributed by atoms with van der Waals surface area (Å²) in [6.07, 6.45) is -2.39. The number of rotatable bonds is 10. The van der Waals surface area contributed by atoms with Gasteiger partial charge in [0.25, 0.3) is 0 Å². The van der Waals surface area contributed by atoms with Gasteiger partial charge in [0.15, 0.2) is 22.9 Å². The van der Waals surface area contributed by atoms with Crippen LogP contribution in [-0.4, -0.2) is 132 Å². The topological polar surface area (TPSA) is 293 Å². The Balaban J connectivity index is -0.000000240. The number of pyridine rings is 5. The van der Waals surface area contributed by atoms with Gasteiger partial charge in [0, 0.05) is 91.6 Å².